The molecule has 10 nitrogen and oxygen atoms in total. The smallest absolute Gasteiger partial charge is 0.319 e. The highest BCUT2D eigenvalue weighted by Crippen LogP contribution is 2.32. The number of morpholine rings is 1. The van der Waals surface area contributed by atoms with Crippen LogP contribution in [0.25, 0.3) is 11.4 Å². The van der Waals surface area contributed by atoms with Crippen molar-refractivity contribution in [3.8, 4) is 11.4 Å². The van der Waals surface area contributed by atoms with E-state index in [0.29, 0.717) is 55.8 Å². The maximum absolute atomic E-state index is 13.0. The third kappa shape index (κ3) is 5.73. The minimum atomic E-state index is -2.62. The zero-order valence-electron chi connectivity index (χ0n) is 20.7. The molecule has 4 heterocycles. The summed E-state index contributed by atoms with van der Waals surface area (Å²) in [5.74, 6) is 1.22. The summed E-state index contributed by atoms with van der Waals surface area (Å²) in [4.78, 5) is 42.8. The van der Waals surface area contributed by atoms with E-state index >= 15 is 0 Å². The van der Waals surface area contributed by atoms with E-state index in [1.165, 1.54) is 11.3 Å². The Hall–Kier alpha value is -3.71. The summed E-state index contributed by atoms with van der Waals surface area (Å²) in [5.41, 5.74) is 3.01. The second kappa shape index (κ2) is 11.4. The number of thiazole rings is 1. The van der Waals surface area contributed by atoms with Gasteiger partial charge >= 0.3 is 6.03 Å². The van der Waals surface area contributed by atoms with Gasteiger partial charge in [0.2, 0.25) is 0 Å². The van der Waals surface area contributed by atoms with Gasteiger partial charge in [-0.25, -0.2) is 28.5 Å². The molecule has 0 bridgehead atoms. The van der Waals surface area contributed by atoms with E-state index in [4.69, 9.17) is 14.7 Å². The van der Waals surface area contributed by atoms with Crippen LogP contribution in [0.15, 0.2) is 35.8 Å². The number of amides is 3. The van der Waals surface area contributed by atoms with Gasteiger partial charge in [0, 0.05) is 47.9 Å². The molecule has 1 fully saturated rings. The predicted octanol–water partition coefficient (Wildman–Crippen LogP) is 3.41. The Labute approximate surface area is 222 Å². The van der Waals surface area contributed by atoms with Gasteiger partial charge in [-0.1, -0.05) is 0 Å². The Bertz CT molecular complexity index is 1290. The van der Waals surface area contributed by atoms with Gasteiger partial charge in [0.1, 0.15) is 5.82 Å². The predicted molar refractivity (Wildman–Crippen MR) is 139 cm³/mol. The number of alkyl halides is 2. The van der Waals surface area contributed by atoms with Crippen LogP contribution < -0.4 is 15.5 Å². The second-order valence-corrected chi connectivity index (χ2v) is 9.93. The molecule has 13 heteroatoms. The number of rotatable bonds is 6. The van der Waals surface area contributed by atoms with E-state index in [1.807, 2.05) is 0 Å². The first-order valence-corrected chi connectivity index (χ1v) is 13.1. The lowest BCUT2D eigenvalue weighted by Gasteiger charge is -2.38. The maximum Gasteiger partial charge on any atom is 0.319 e. The lowest BCUT2D eigenvalue weighted by atomic mass is 10.0. The van der Waals surface area contributed by atoms with Gasteiger partial charge in [-0.15, -0.1) is 11.3 Å². The molecule has 1 saturated heterocycles. The Balaban J connectivity index is 1.42. The summed E-state index contributed by atoms with van der Waals surface area (Å²) in [6.07, 6.45) is -0.412. The number of nitrogens with one attached hydrogen (secondary N) is 2. The first kappa shape index (κ1) is 25.9. The Morgan fingerprint density at radius 3 is 2.74 bits per heavy atom. The molecule has 2 aliphatic rings. The number of halogens is 2. The Morgan fingerprint density at radius 1 is 1.21 bits per heavy atom. The number of hydrogen-bond acceptors (Lipinski definition) is 8. The number of hydrogen-bond donors (Lipinski definition) is 2. The normalized spacial score (nSPS) is 17.3. The highest BCUT2D eigenvalue weighted by molar-refractivity contribution is 7.11. The zero-order chi connectivity index (χ0) is 26.6. The molecule has 2 N–H and O–H groups in total. The van der Waals surface area contributed by atoms with E-state index in [0.717, 1.165) is 22.6 Å². The number of carbonyl (C=O) groups is 2. The van der Waals surface area contributed by atoms with Gasteiger partial charge in [0.15, 0.2) is 10.8 Å². The van der Waals surface area contributed by atoms with Crippen LogP contribution in [-0.2, 0) is 17.7 Å². The molecule has 2 aliphatic heterocycles. The molecule has 0 spiro atoms. The zero-order valence-corrected chi connectivity index (χ0v) is 21.5. The van der Waals surface area contributed by atoms with E-state index < -0.39 is 19.0 Å². The van der Waals surface area contributed by atoms with Crippen molar-refractivity contribution in [1.29, 1.82) is 0 Å². The molecule has 38 heavy (non-hydrogen) atoms. The van der Waals surface area contributed by atoms with Gasteiger partial charge in [-0.3, -0.25) is 4.79 Å². The Kier molecular flexibility index (Phi) is 7.74. The van der Waals surface area contributed by atoms with Crippen molar-refractivity contribution < 1.29 is 23.1 Å². The van der Waals surface area contributed by atoms with Crippen molar-refractivity contribution in [1.82, 2.24) is 25.2 Å². The first-order valence-electron chi connectivity index (χ1n) is 12.3. The number of ether oxygens (including phenoxy) is 1. The number of nitrogens with zero attached hydrogens (tertiary/aromatic N) is 5. The van der Waals surface area contributed by atoms with Crippen molar-refractivity contribution in [3.63, 3.8) is 0 Å². The summed E-state index contributed by atoms with van der Waals surface area (Å²) in [7, 11) is 0. The summed E-state index contributed by atoms with van der Waals surface area (Å²) in [6.45, 7) is 4.09. The molecule has 0 aliphatic carbocycles. The molecule has 3 aromatic rings. The molecule has 1 aromatic carbocycles. The van der Waals surface area contributed by atoms with Gasteiger partial charge < -0.3 is 25.2 Å². The fourth-order valence-electron chi connectivity index (χ4n) is 4.49. The van der Waals surface area contributed by atoms with Crippen molar-refractivity contribution in [3.05, 3.63) is 52.1 Å². The summed E-state index contributed by atoms with van der Waals surface area (Å²) in [6, 6.07) is 6.29. The average Bonchev–Trinajstić information content (AvgIpc) is 3.47. The van der Waals surface area contributed by atoms with Crippen molar-refractivity contribution in [2.75, 3.05) is 43.1 Å². The fourth-order valence-corrected chi connectivity index (χ4v) is 5.09. The molecule has 5 rings (SSSR count). The third-order valence-corrected chi connectivity index (χ3v) is 7.16. The third-order valence-electron chi connectivity index (χ3n) is 6.40. The molecule has 0 radical (unpaired) electrons. The molecule has 3 amide bonds. The highest BCUT2D eigenvalue weighted by atomic mass is 32.1. The summed E-state index contributed by atoms with van der Waals surface area (Å²) in [5, 5.41) is 6.89. The van der Waals surface area contributed by atoms with Crippen LogP contribution in [0.4, 0.5) is 25.1 Å². The van der Waals surface area contributed by atoms with Crippen molar-refractivity contribution in [2.24, 2.45) is 0 Å². The largest absolute Gasteiger partial charge is 0.377 e. The van der Waals surface area contributed by atoms with Gasteiger partial charge in [0.25, 0.3) is 12.3 Å². The average molecular weight is 544 g/mol. The fraction of sp³-hybridized carbons (Fsp3) is 0.400. The van der Waals surface area contributed by atoms with Crippen LogP contribution in [0, 0.1) is 0 Å². The molecule has 0 unspecified atom stereocenters. The van der Waals surface area contributed by atoms with Crippen molar-refractivity contribution in [2.45, 2.75) is 32.4 Å². The quantitative estimate of drug-likeness (QED) is 0.490. The minimum absolute atomic E-state index is 0.0963. The van der Waals surface area contributed by atoms with Crippen LogP contribution in [0.3, 0.4) is 0 Å². The minimum Gasteiger partial charge on any atom is -0.377 e. The molecule has 2 aromatic heterocycles. The topological polar surface area (TPSA) is 113 Å². The molecule has 0 saturated carbocycles. The van der Waals surface area contributed by atoms with E-state index in [9.17, 15) is 18.4 Å². The van der Waals surface area contributed by atoms with Gasteiger partial charge in [0.05, 0.1) is 38.0 Å². The standard InChI is InChI=1S/C25H27F2N7O3S/c1-15-14-37-10-9-34(15)22-18-13-33(24(35)23-28-7-11-38-23)8-6-19(18)31-21(32-22)16-2-4-17(5-3-16)30-25(36)29-12-20(26)27/h2-5,7,11,15,20H,6,8-10,12-14H2,1H3,(H2,29,30,36)/t15-/m0/s1. The Morgan fingerprint density at radius 2 is 2.03 bits per heavy atom. The van der Waals surface area contributed by atoms with E-state index in [2.05, 4.69) is 27.4 Å². The maximum atomic E-state index is 13.0. The van der Waals surface area contributed by atoms with Crippen LogP contribution >= 0.6 is 11.3 Å². The molecule has 1 atom stereocenters. The molecular formula is C25H27F2N7O3S. The van der Waals surface area contributed by atoms with Gasteiger partial charge in [-0.2, -0.15) is 0 Å². The lowest BCUT2D eigenvalue weighted by Crippen LogP contribution is -2.46. The van der Waals surface area contributed by atoms with Crippen LogP contribution in [-0.4, -0.2) is 77.1 Å². The van der Waals surface area contributed by atoms with Crippen LogP contribution in [0.2, 0.25) is 0 Å². The van der Waals surface area contributed by atoms with Crippen molar-refractivity contribution >= 4 is 34.8 Å². The monoisotopic (exact) mass is 543 g/mol. The van der Waals surface area contributed by atoms with Crippen LogP contribution in [0.1, 0.15) is 28.0 Å². The number of aromatic nitrogens is 3. The summed E-state index contributed by atoms with van der Waals surface area (Å²) < 4.78 is 30.3. The number of fused-ring (bicyclic) bond motifs is 1. The van der Waals surface area contributed by atoms with E-state index in [1.54, 1.807) is 40.7 Å². The highest BCUT2D eigenvalue weighted by Gasteiger charge is 2.31. The first-order chi connectivity index (χ1) is 18.4. The summed E-state index contributed by atoms with van der Waals surface area (Å²) >= 11 is 1.32. The van der Waals surface area contributed by atoms with E-state index in [-0.39, 0.29) is 11.9 Å². The molecule has 200 valence electrons. The molecular weight excluding hydrogens is 516 g/mol. The SMILES string of the molecule is C[C@H]1COCCN1c1nc(-c2ccc(NC(=O)NCC(F)F)cc2)nc2c1CN(C(=O)c1nccs1)CC2. The lowest BCUT2D eigenvalue weighted by molar-refractivity contribution is 0.0731. The number of anilines is 2. The van der Waals surface area contributed by atoms with Gasteiger partial charge in [-0.05, 0) is 31.2 Å². The number of benzene rings is 1. The number of urea groups is 1. The van der Waals surface area contributed by atoms with Crippen LogP contribution in [0.5, 0.6) is 0 Å². The number of carbonyl (C=O) groups excluding carboxylic acids is 2. The second-order valence-electron chi connectivity index (χ2n) is 9.03.